The molecule has 0 radical (unpaired) electrons. The van der Waals surface area contributed by atoms with E-state index in [0.29, 0.717) is 0 Å². The lowest BCUT2D eigenvalue weighted by atomic mass is 10.0. The van der Waals surface area contributed by atoms with Crippen molar-refractivity contribution in [2.45, 2.75) is 13.8 Å². The number of aryl methyl sites for hydroxylation is 2. The highest BCUT2D eigenvalue weighted by Gasteiger charge is 2.16. The first-order valence-corrected chi connectivity index (χ1v) is 6.36. The Balaban J connectivity index is 2.31. The van der Waals surface area contributed by atoms with Gasteiger partial charge in [-0.05, 0) is 43.2 Å². The number of rotatable bonds is 1. The number of anilines is 1. The molecule has 96 valence electrons. The number of halogens is 1. The summed E-state index contributed by atoms with van der Waals surface area (Å²) in [6.07, 6.45) is 0. The summed E-state index contributed by atoms with van der Waals surface area (Å²) in [5, 5.41) is 5.88. The minimum absolute atomic E-state index is 0.724. The van der Waals surface area contributed by atoms with Crippen LogP contribution in [0.2, 0.25) is 5.02 Å². The van der Waals surface area contributed by atoms with Crippen molar-refractivity contribution in [2.24, 2.45) is 0 Å². The Morgan fingerprint density at radius 2 is 1.84 bits per heavy atom. The standard InChI is InChI=1S/C15H13ClN2O/c1-8-7-12-13(9(2)14(8)16)15(18-19-12)10-3-5-11(17)6-4-10/h3-7H,17H2,1-2H3. The van der Waals surface area contributed by atoms with Gasteiger partial charge < -0.3 is 10.3 Å². The second-order valence-corrected chi connectivity index (χ2v) is 5.04. The fourth-order valence-corrected chi connectivity index (χ4v) is 2.42. The van der Waals surface area contributed by atoms with Crippen molar-refractivity contribution < 1.29 is 4.52 Å². The van der Waals surface area contributed by atoms with E-state index in [0.717, 1.165) is 44.1 Å². The van der Waals surface area contributed by atoms with E-state index in [1.165, 1.54) is 0 Å². The Bertz CT molecular complexity index is 760. The molecule has 0 amide bonds. The predicted molar refractivity (Wildman–Crippen MR) is 78.3 cm³/mol. The van der Waals surface area contributed by atoms with Crippen LogP contribution in [0.4, 0.5) is 5.69 Å². The van der Waals surface area contributed by atoms with Crippen LogP contribution in [0.5, 0.6) is 0 Å². The fraction of sp³-hybridized carbons (Fsp3) is 0.133. The van der Waals surface area contributed by atoms with Crippen LogP contribution in [0.15, 0.2) is 34.9 Å². The summed E-state index contributed by atoms with van der Waals surface area (Å²) in [5.41, 5.74) is 10.9. The summed E-state index contributed by atoms with van der Waals surface area (Å²) >= 11 is 6.31. The Labute approximate surface area is 116 Å². The number of hydrogen-bond donors (Lipinski definition) is 1. The zero-order valence-electron chi connectivity index (χ0n) is 10.7. The SMILES string of the molecule is Cc1cc2onc(-c3ccc(N)cc3)c2c(C)c1Cl. The molecule has 0 atom stereocenters. The quantitative estimate of drug-likeness (QED) is 0.670. The van der Waals surface area contributed by atoms with Gasteiger partial charge in [-0.2, -0.15) is 0 Å². The third-order valence-corrected chi connectivity index (χ3v) is 3.88. The monoisotopic (exact) mass is 272 g/mol. The molecule has 0 fully saturated rings. The van der Waals surface area contributed by atoms with Crippen molar-refractivity contribution in [3.05, 3.63) is 46.5 Å². The van der Waals surface area contributed by atoms with E-state index in [9.17, 15) is 0 Å². The van der Waals surface area contributed by atoms with Gasteiger partial charge in [0.15, 0.2) is 5.58 Å². The van der Waals surface area contributed by atoms with Crippen molar-refractivity contribution in [3.63, 3.8) is 0 Å². The molecule has 0 aliphatic carbocycles. The fourth-order valence-electron chi connectivity index (χ4n) is 2.27. The van der Waals surface area contributed by atoms with E-state index in [2.05, 4.69) is 5.16 Å². The Kier molecular flexibility index (Phi) is 2.72. The van der Waals surface area contributed by atoms with Gasteiger partial charge in [0.1, 0.15) is 5.69 Å². The average Bonchev–Trinajstić information content (AvgIpc) is 2.81. The summed E-state index contributed by atoms with van der Waals surface area (Å²) in [6.45, 7) is 3.94. The van der Waals surface area contributed by atoms with Crippen molar-refractivity contribution in [2.75, 3.05) is 5.73 Å². The summed E-state index contributed by atoms with van der Waals surface area (Å²) in [4.78, 5) is 0. The molecule has 19 heavy (non-hydrogen) atoms. The molecule has 2 aromatic carbocycles. The van der Waals surface area contributed by atoms with Crippen molar-refractivity contribution in [1.82, 2.24) is 5.16 Å². The molecule has 1 heterocycles. The number of aromatic nitrogens is 1. The van der Waals surface area contributed by atoms with Crippen molar-refractivity contribution in [1.29, 1.82) is 0 Å². The molecule has 0 spiro atoms. The topological polar surface area (TPSA) is 52.0 Å². The zero-order chi connectivity index (χ0) is 13.6. The van der Waals surface area contributed by atoms with Gasteiger partial charge in [-0.25, -0.2) is 0 Å². The largest absolute Gasteiger partial charge is 0.399 e. The van der Waals surface area contributed by atoms with Gasteiger partial charge >= 0.3 is 0 Å². The summed E-state index contributed by atoms with van der Waals surface area (Å²) < 4.78 is 5.41. The van der Waals surface area contributed by atoms with Crippen LogP contribution >= 0.6 is 11.6 Å². The van der Waals surface area contributed by atoms with E-state index in [-0.39, 0.29) is 0 Å². The molecule has 0 aliphatic heterocycles. The molecule has 2 N–H and O–H groups in total. The minimum atomic E-state index is 0.724. The summed E-state index contributed by atoms with van der Waals surface area (Å²) in [5.74, 6) is 0. The number of nitrogens with zero attached hydrogens (tertiary/aromatic N) is 1. The average molecular weight is 273 g/mol. The van der Waals surface area contributed by atoms with E-state index >= 15 is 0 Å². The highest BCUT2D eigenvalue weighted by molar-refractivity contribution is 6.33. The smallest absolute Gasteiger partial charge is 0.168 e. The van der Waals surface area contributed by atoms with E-state index in [1.807, 2.05) is 44.2 Å². The van der Waals surface area contributed by atoms with Crippen LogP contribution < -0.4 is 5.73 Å². The first kappa shape index (κ1) is 12.1. The maximum Gasteiger partial charge on any atom is 0.168 e. The third-order valence-electron chi connectivity index (χ3n) is 3.30. The van der Waals surface area contributed by atoms with Crippen molar-refractivity contribution in [3.8, 4) is 11.3 Å². The van der Waals surface area contributed by atoms with Crippen LogP contribution in [0.1, 0.15) is 11.1 Å². The van der Waals surface area contributed by atoms with E-state index < -0.39 is 0 Å². The zero-order valence-corrected chi connectivity index (χ0v) is 11.5. The van der Waals surface area contributed by atoms with Crippen molar-refractivity contribution >= 4 is 28.3 Å². The molecular formula is C15H13ClN2O. The molecular weight excluding hydrogens is 260 g/mol. The van der Waals surface area contributed by atoms with E-state index in [4.69, 9.17) is 21.9 Å². The second kappa shape index (κ2) is 4.28. The maximum atomic E-state index is 6.31. The number of fused-ring (bicyclic) bond motifs is 1. The first-order valence-electron chi connectivity index (χ1n) is 5.99. The third kappa shape index (κ3) is 1.87. The van der Waals surface area contributed by atoms with Gasteiger partial charge in [-0.1, -0.05) is 28.9 Å². The predicted octanol–water partition coefficient (Wildman–Crippen LogP) is 4.35. The van der Waals surface area contributed by atoms with Gasteiger partial charge in [0.25, 0.3) is 0 Å². The molecule has 3 nitrogen and oxygen atoms in total. The molecule has 0 saturated heterocycles. The molecule has 0 unspecified atom stereocenters. The molecule has 1 aromatic heterocycles. The molecule has 0 aliphatic rings. The lowest BCUT2D eigenvalue weighted by Crippen LogP contribution is -1.87. The number of hydrogen-bond acceptors (Lipinski definition) is 3. The number of benzene rings is 2. The van der Waals surface area contributed by atoms with Gasteiger partial charge in [-0.3, -0.25) is 0 Å². The lowest BCUT2D eigenvalue weighted by Gasteiger charge is -2.04. The first-order chi connectivity index (χ1) is 9.08. The maximum absolute atomic E-state index is 6.31. The summed E-state index contributed by atoms with van der Waals surface area (Å²) in [7, 11) is 0. The minimum Gasteiger partial charge on any atom is -0.399 e. The molecule has 3 aromatic rings. The Morgan fingerprint density at radius 3 is 2.53 bits per heavy atom. The lowest BCUT2D eigenvalue weighted by molar-refractivity contribution is 0.459. The van der Waals surface area contributed by atoms with Gasteiger partial charge in [0.05, 0.1) is 5.39 Å². The summed E-state index contributed by atoms with van der Waals surface area (Å²) in [6, 6.07) is 9.47. The molecule has 3 rings (SSSR count). The number of nitrogen functional groups attached to an aromatic ring is 1. The van der Waals surface area contributed by atoms with Crippen LogP contribution in [0, 0.1) is 13.8 Å². The van der Waals surface area contributed by atoms with E-state index in [1.54, 1.807) is 0 Å². The molecule has 4 heteroatoms. The molecule has 0 bridgehead atoms. The number of nitrogens with two attached hydrogens (primary N) is 1. The van der Waals surface area contributed by atoms with Gasteiger partial charge in [0, 0.05) is 16.3 Å². The highest BCUT2D eigenvalue weighted by Crippen LogP contribution is 2.35. The highest BCUT2D eigenvalue weighted by atomic mass is 35.5. The van der Waals surface area contributed by atoms with Crippen LogP contribution in [0.25, 0.3) is 22.2 Å². The van der Waals surface area contributed by atoms with Gasteiger partial charge in [0.2, 0.25) is 0 Å². The Morgan fingerprint density at radius 1 is 1.16 bits per heavy atom. The molecule has 0 saturated carbocycles. The Hall–Kier alpha value is -2.00. The normalized spacial score (nSPS) is 11.1. The van der Waals surface area contributed by atoms with Crippen LogP contribution in [-0.2, 0) is 0 Å². The van der Waals surface area contributed by atoms with Crippen LogP contribution in [0.3, 0.4) is 0 Å². The van der Waals surface area contributed by atoms with Gasteiger partial charge in [-0.15, -0.1) is 0 Å². The second-order valence-electron chi connectivity index (χ2n) is 4.66. The van der Waals surface area contributed by atoms with Crippen LogP contribution in [-0.4, -0.2) is 5.16 Å².